The number of carbonyl (C=O) groups is 2. The molecule has 1 aromatic heterocycles. The summed E-state index contributed by atoms with van der Waals surface area (Å²) in [6.07, 6.45) is 8.65. The van der Waals surface area contributed by atoms with Gasteiger partial charge in [-0.05, 0) is 77.4 Å². The summed E-state index contributed by atoms with van der Waals surface area (Å²) < 4.78 is 19.3. The molecular weight excluding hydrogens is 521 g/mol. The molecule has 1 amide bonds. The maximum atomic E-state index is 13.9. The van der Waals surface area contributed by atoms with Crippen LogP contribution in [0, 0.1) is 25.6 Å². The average molecular weight is 576 g/mol. The Hall–Kier alpha value is -3.30. The van der Waals surface area contributed by atoms with Gasteiger partial charge in [0, 0.05) is 35.7 Å². The summed E-state index contributed by atoms with van der Waals surface area (Å²) in [7, 11) is 1.50. The SMILES string of the molecule is C/C=C(/C)N.CC.CC=O.CCC1CC1.CN.Cc1cc(NC(=O)c2cc(F)cc(N3CCOCC3)c2)cnc1C. The normalized spacial score (nSPS) is 13.4. The van der Waals surface area contributed by atoms with Gasteiger partial charge in [0.05, 0.1) is 25.1 Å². The van der Waals surface area contributed by atoms with Crippen LogP contribution in [0.3, 0.4) is 0 Å². The van der Waals surface area contributed by atoms with Crippen molar-refractivity contribution in [3.05, 3.63) is 64.9 Å². The van der Waals surface area contributed by atoms with Gasteiger partial charge in [-0.15, -0.1) is 0 Å². The molecule has 1 aromatic carbocycles. The molecule has 2 aliphatic rings. The molecule has 1 aliphatic carbocycles. The molecule has 2 aromatic rings. The second-order valence-corrected chi connectivity index (χ2v) is 9.00. The quantitative estimate of drug-likeness (QED) is 0.360. The van der Waals surface area contributed by atoms with Gasteiger partial charge >= 0.3 is 0 Å². The van der Waals surface area contributed by atoms with Crippen molar-refractivity contribution < 1.29 is 18.7 Å². The number of hydrogen-bond acceptors (Lipinski definition) is 7. The minimum Gasteiger partial charge on any atom is -0.403 e. The van der Waals surface area contributed by atoms with Crippen LogP contribution >= 0.6 is 0 Å². The number of amides is 1. The van der Waals surface area contributed by atoms with Crippen molar-refractivity contribution in [2.75, 3.05) is 43.6 Å². The minimum atomic E-state index is -0.428. The molecule has 232 valence electrons. The number of nitrogens with one attached hydrogen (secondary N) is 1. The van der Waals surface area contributed by atoms with E-state index in [0.29, 0.717) is 37.7 Å². The second-order valence-electron chi connectivity index (χ2n) is 9.00. The number of allylic oxidation sites excluding steroid dienone is 2. The van der Waals surface area contributed by atoms with Gasteiger partial charge in [0.1, 0.15) is 12.1 Å². The first kappa shape index (κ1) is 39.8. The number of carbonyl (C=O) groups excluding carboxylic acids is 2. The van der Waals surface area contributed by atoms with Crippen LogP contribution in [0.2, 0.25) is 0 Å². The summed E-state index contributed by atoms with van der Waals surface area (Å²) >= 11 is 0. The fraction of sp³-hybridized carbons (Fsp3) is 0.531. The van der Waals surface area contributed by atoms with Crippen molar-refractivity contribution in [1.29, 1.82) is 0 Å². The van der Waals surface area contributed by atoms with Gasteiger partial charge in [-0.25, -0.2) is 4.39 Å². The number of rotatable bonds is 4. The van der Waals surface area contributed by atoms with Crippen LogP contribution in [-0.4, -0.2) is 50.5 Å². The topological polar surface area (TPSA) is 124 Å². The van der Waals surface area contributed by atoms with Crippen molar-refractivity contribution in [3.63, 3.8) is 0 Å². The molecule has 8 nitrogen and oxygen atoms in total. The van der Waals surface area contributed by atoms with Crippen LogP contribution in [0.25, 0.3) is 0 Å². The number of nitrogens with zero attached hydrogens (tertiary/aromatic N) is 2. The van der Waals surface area contributed by atoms with Gasteiger partial charge in [-0.2, -0.15) is 0 Å². The van der Waals surface area contributed by atoms with E-state index < -0.39 is 5.82 Å². The predicted molar refractivity (Wildman–Crippen MR) is 171 cm³/mol. The van der Waals surface area contributed by atoms with E-state index in [1.165, 1.54) is 45.4 Å². The number of hydrogen-bond donors (Lipinski definition) is 3. The molecule has 2 fully saturated rings. The zero-order chi connectivity index (χ0) is 31.8. The highest BCUT2D eigenvalue weighted by atomic mass is 19.1. The van der Waals surface area contributed by atoms with Crippen LogP contribution in [-0.2, 0) is 9.53 Å². The molecule has 41 heavy (non-hydrogen) atoms. The Kier molecular flexibility index (Phi) is 23.8. The van der Waals surface area contributed by atoms with Gasteiger partial charge in [0.2, 0.25) is 0 Å². The molecule has 0 atom stereocenters. The second kappa shape index (κ2) is 24.5. The van der Waals surface area contributed by atoms with E-state index in [1.807, 2.05) is 58.6 Å². The Morgan fingerprint density at radius 1 is 1.12 bits per heavy atom. The number of morpholine rings is 1. The van der Waals surface area contributed by atoms with Gasteiger partial charge in [-0.3, -0.25) is 9.78 Å². The molecule has 2 heterocycles. The monoisotopic (exact) mass is 575 g/mol. The van der Waals surface area contributed by atoms with E-state index in [9.17, 15) is 9.18 Å². The summed E-state index contributed by atoms with van der Waals surface area (Å²) in [5, 5.41) is 2.77. The number of aldehydes is 1. The summed E-state index contributed by atoms with van der Waals surface area (Å²) in [5.41, 5.74) is 14.0. The summed E-state index contributed by atoms with van der Waals surface area (Å²) in [6.45, 7) is 17.9. The number of nitrogens with two attached hydrogens (primary N) is 2. The zero-order valence-electron chi connectivity index (χ0n) is 26.7. The number of pyridine rings is 1. The van der Waals surface area contributed by atoms with Crippen LogP contribution < -0.4 is 21.7 Å². The maximum absolute atomic E-state index is 13.9. The zero-order valence-corrected chi connectivity index (χ0v) is 26.7. The van der Waals surface area contributed by atoms with Crippen LogP contribution in [0.1, 0.15) is 82.4 Å². The molecule has 0 radical (unpaired) electrons. The van der Waals surface area contributed by atoms with E-state index in [-0.39, 0.29) is 11.5 Å². The Morgan fingerprint density at radius 3 is 2.07 bits per heavy atom. The van der Waals surface area contributed by atoms with Crippen molar-refractivity contribution in [3.8, 4) is 0 Å². The minimum absolute atomic E-state index is 0.287. The molecule has 0 spiro atoms. The van der Waals surface area contributed by atoms with Gasteiger partial charge in [-0.1, -0.05) is 46.1 Å². The van der Waals surface area contributed by atoms with E-state index in [1.54, 1.807) is 12.3 Å². The number of ether oxygens (including phenoxy) is 1. The largest absolute Gasteiger partial charge is 0.403 e. The lowest BCUT2D eigenvalue weighted by atomic mass is 10.1. The molecule has 9 heteroatoms. The van der Waals surface area contributed by atoms with E-state index in [4.69, 9.17) is 15.3 Å². The first-order valence-electron chi connectivity index (χ1n) is 14.4. The Bertz CT molecular complexity index is 1020. The average Bonchev–Trinajstić information content (AvgIpc) is 3.83. The fourth-order valence-corrected chi connectivity index (χ4v) is 3.15. The Balaban J connectivity index is 0. The van der Waals surface area contributed by atoms with E-state index in [2.05, 4.69) is 23.0 Å². The highest BCUT2D eigenvalue weighted by Crippen LogP contribution is 2.31. The van der Waals surface area contributed by atoms with E-state index >= 15 is 0 Å². The standard InChI is InChI=1S/C18H20FN3O2.C5H10.C4H9N.C2H4O.C2H6.CH5N/c1-12-7-16(11-20-13(12)2)21-18(23)14-8-15(19)10-17(9-14)22-3-5-24-6-4-22;1-2-5-3-4-5;1-3-4(2)5;1-2-3;2*1-2/h7-11H,3-6H2,1-2H3,(H,21,23);5H,2-4H2,1H3;3H,5H2,1-2H3;2H,1H3;1-2H3;2H2,1H3/b;;4-3-;;;. The summed E-state index contributed by atoms with van der Waals surface area (Å²) in [5.74, 6) is 0.353. The number of aromatic nitrogens is 1. The third kappa shape index (κ3) is 18.6. The molecule has 4 rings (SSSR count). The van der Waals surface area contributed by atoms with Gasteiger partial charge < -0.3 is 31.2 Å². The van der Waals surface area contributed by atoms with Crippen molar-refractivity contribution in [1.82, 2.24) is 4.98 Å². The fourth-order valence-electron chi connectivity index (χ4n) is 3.15. The molecule has 1 aliphatic heterocycles. The van der Waals surface area contributed by atoms with E-state index in [0.717, 1.165) is 29.2 Å². The van der Waals surface area contributed by atoms with Crippen molar-refractivity contribution in [2.24, 2.45) is 17.4 Å². The lowest BCUT2D eigenvalue weighted by molar-refractivity contribution is -0.106. The molecule has 1 saturated carbocycles. The molecular formula is C32H54FN5O3. The highest BCUT2D eigenvalue weighted by molar-refractivity contribution is 6.04. The number of aryl methyl sites for hydroxylation is 2. The molecule has 0 unspecified atom stereocenters. The van der Waals surface area contributed by atoms with Gasteiger partial charge in [0.25, 0.3) is 5.91 Å². The van der Waals surface area contributed by atoms with Crippen molar-refractivity contribution in [2.45, 2.75) is 74.7 Å². The number of benzene rings is 1. The van der Waals surface area contributed by atoms with Crippen LogP contribution in [0.5, 0.6) is 0 Å². The first-order valence-corrected chi connectivity index (χ1v) is 14.4. The van der Waals surface area contributed by atoms with Crippen LogP contribution in [0.15, 0.2) is 42.2 Å². The third-order valence-corrected chi connectivity index (χ3v) is 5.85. The third-order valence-electron chi connectivity index (χ3n) is 5.85. The summed E-state index contributed by atoms with van der Waals surface area (Å²) in [6, 6.07) is 6.24. The van der Waals surface area contributed by atoms with Crippen molar-refractivity contribution >= 4 is 23.6 Å². The predicted octanol–water partition coefficient (Wildman–Crippen LogP) is 6.41. The van der Waals surface area contributed by atoms with Gasteiger partial charge in [0.15, 0.2) is 0 Å². The highest BCUT2D eigenvalue weighted by Gasteiger charge is 2.17. The molecule has 0 bridgehead atoms. The number of halogens is 1. The maximum Gasteiger partial charge on any atom is 0.255 e. The molecule has 1 saturated heterocycles. The summed E-state index contributed by atoms with van der Waals surface area (Å²) in [4.78, 5) is 27.5. The smallest absolute Gasteiger partial charge is 0.255 e. The lowest BCUT2D eigenvalue weighted by Crippen LogP contribution is -2.36. The molecule has 5 N–H and O–H groups in total. The Morgan fingerprint density at radius 2 is 1.66 bits per heavy atom. The first-order chi connectivity index (χ1) is 19.6. The Labute approximate surface area is 247 Å². The number of anilines is 2. The van der Waals surface area contributed by atoms with Crippen LogP contribution in [0.4, 0.5) is 15.8 Å². The lowest BCUT2D eigenvalue weighted by Gasteiger charge is -2.29.